The van der Waals surface area contributed by atoms with Crippen molar-refractivity contribution in [1.82, 2.24) is 0 Å². The number of phenolic OH excluding ortho intramolecular Hbond substituents is 1. The van der Waals surface area contributed by atoms with E-state index in [0.717, 1.165) is 92.3 Å². The Balaban J connectivity index is -0.000000190. The molecule has 0 fully saturated rings. The summed E-state index contributed by atoms with van der Waals surface area (Å²) < 4.78 is 52.7. The first-order valence-corrected chi connectivity index (χ1v) is 30.4. The molecule has 6 aromatic rings. The van der Waals surface area contributed by atoms with E-state index in [4.69, 9.17) is 94.4 Å². The third kappa shape index (κ3) is 50.8. The predicted molar refractivity (Wildman–Crippen MR) is 366 cm³/mol. The summed E-state index contributed by atoms with van der Waals surface area (Å²) in [6.07, 6.45) is 2.50. The second-order valence-electron chi connectivity index (χ2n) is 16.9. The number of thioether (sulfide) groups is 2. The summed E-state index contributed by atoms with van der Waals surface area (Å²) in [6, 6.07) is 39.1. The zero-order valence-electron chi connectivity index (χ0n) is 48.5. The van der Waals surface area contributed by atoms with Crippen LogP contribution >= 0.6 is 82.6 Å². The van der Waals surface area contributed by atoms with Crippen molar-refractivity contribution in [3.8, 4) is 34.5 Å². The molecule has 6 aromatic carbocycles. The molecule has 0 atom stereocenters. The van der Waals surface area contributed by atoms with Gasteiger partial charge in [-0.1, -0.05) is 91.2 Å². The van der Waals surface area contributed by atoms with E-state index in [9.17, 15) is 13.2 Å². The Morgan fingerprint density at radius 1 is 0.584 bits per heavy atom. The van der Waals surface area contributed by atoms with Gasteiger partial charge in [0, 0.05) is 47.1 Å². The van der Waals surface area contributed by atoms with E-state index in [1.165, 1.54) is 16.7 Å². The first-order valence-electron chi connectivity index (χ1n) is 24.5. The number of rotatable bonds is 23. The second-order valence-corrected chi connectivity index (χ2v) is 22.7. The zero-order valence-corrected chi connectivity index (χ0v) is 54.9. The van der Waals surface area contributed by atoms with Crippen LogP contribution in [0, 0.1) is 20.8 Å². The molecule has 6 rings (SSSR count). The van der Waals surface area contributed by atoms with Crippen molar-refractivity contribution < 1.29 is 89.7 Å². The summed E-state index contributed by atoms with van der Waals surface area (Å²) in [4.78, 5) is 46.5. The van der Waals surface area contributed by atoms with Gasteiger partial charge < -0.3 is 34.3 Å². The molecule has 24 heteroatoms. The smallest absolute Gasteiger partial charge is 0.870 e. The molecule has 0 heterocycles. The van der Waals surface area contributed by atoms with Crippen molar-refractivity contribution in [1.29, 1.82) is 0 Å². The maximum Gasteiger partial charge on any atom is 1.00 e. The largest absolute Gasteiger partial charge is 1.00 e. The number of thiol groups is 1. The van der Waals surface area contributed by atoms with Crippen molar-refractivity contribution in [3.05, 3.63) is 196 Å². The number of carbonyl (C=O) groups excluding carboxylic acids is 5. The zero-order chi connectivity index (χ0) is 62.8. The van der Waals surface area contributed by atoms with Gasteiger partial charge >= 0.3 is 31.2 Å². The third-order valence-corrected chi connectivity index (χ3v) is 13.7. The number of phenols is 1. The molecule has 0 amide bonds. The standard InChI is InChI=1S/C20H23ClO2S.C18H19ClO2S.C10H12O2S.C6H5ClO.C5H9ClO3S.2CO2.4CH4.Li.H2O/c1-4-11-22-20-10-9-19(12-16(20)3)24-14-15(2)13-23-18-7-5-17(21)6-8-18;1-13(11-21-16-6-4-15(19)5-7-16)12-22-17-8-9-18(20-3)14(2)10-17;1-7-5-9(13)3-4-10(7)12-6-8(2)11;7-5-1-3-6(8)4-2-5;1-5(3-6)4-9-10(2,7)8;2*2-1-3;;;;;;/h5-10,12H,2,4,11,13-14H2,1,3H3;4-10H,1,11-12H2,2-3H3;3-5,13H,6H2,1-2H3;1-4,8H;1,3-4H2,2H3;;;4*1H4;;1H2/q;;;;;;;;;;;+1;/p-1. The number of halogens is 4. The van der Waals surface area contributed by atoms with Crippen LogP contribution in [0.2, 0.25) is 15.1 Å². The molecule has 0 unspecified atom stereocenters. The average molecular weight is 1380 g/mol. The number of Topliss-reactive ketones (excluding diaryl/α,β-unsaturated/α-hetero) is 1. The molecule has 0 radical (unpaired) electrons. The van der Waals surface area contributed by atoms with Gasteiger partial charge in [-0.2, -0.15) is 27.6 Å². The van der Waals surface area contributed by atoms with Crippen LogP contribution in [0.3, 0.4) is 0 Å². The monoisotopic (exact) mass is 1380 g/mol. The fourth-order valence-electron chi connectivity index (χ4n) is 5.56. The molecule has 488 valence electrons. The van der Waals surface area contributed by atoms with Crippen molar-refractivity contribution in [2.24, 2.45) is 0 Å². The van der Waals surface area contributed by atoms with Crippen LogP contribution in [0.5, 0.6) is 34.5 Å². The molecule has 2 N–H and O–H groups in total. The fraction of sp³-hybridized carbons (Fsp3) is 0.308. The summed E-state index contributed by atoms with van der Waals surface area (Å²) in [5, 5.41) is 10.8. The van der Waals surface area contributed by atoms with Crippen molar-refractivity contribution in [2.75, 3.05) is 63.8 Å². The van der Waals surface area contributed by atoms with Crippen LogP contribution in [0.25, 0.3) is 0 Å². The van der Waals surface area contributed by atoms with E-state index in [-0.39, 0.29) is 97.0 Å². The Morgan fingerprint density at radius 2 is 0.955 bits per heavy atom. The van der Waals surface area contributed by atoms with Gasteiger partial charge in [0.15, 0.2) is 5.78 Å². The number of methoxy groups -OCH3 is 1. The van der Waals surface area contributed by atoms with E-state index in [1.54, 1.807) is 54.9 Å². The number of aryl methyl sites for hydroxylation is 3. The van der Waals surface area contributed by atoms with Crippen LogP contribution in [0.4, 0.5) is 0 Å². The molecule has 0 bridgehead atoms. The number of benzene rings is 6. The maximum atomic E-state index is 10.7. The number of ketones is 1. The van der Waals surface area contributed by atoms with Gasteiger partial charge in [-0.25, -0.2) is 0 Å². The van der Waals surface area contributed by atoms with Crippen molar-refractivity contribution in [2.45, 2.75) is 85.4 Å². The van der Waals surface area contributed by atoms with Gasteiger partial charge in [0.1, 0.15) is 54.3 Å². The number of aromatic hydroxyl groups is 1. The van der Waals surface area contributed by atoms with Gasteiger partial charge in [0.2, 0.25) is 0 Å². The average Bonchev–Trinajstić information content (AvgIpc) is 3.62. The van der Waals surface area contributed by atoms with Crippen LogP contribution in [0.15, 0.2) is 179 Å². The van der Waals surface area contributed by atoms with Crippen molar-refractivity contribution in [3.63, 3.8) is 0 Å². The minimum atomic E-state index is -3.35. The number of hydrogen-bond acceptors (Lipinski definition) is 18. The van der Waals surface area contributed by atoms with Crippen LogP contribution in [-0.4, -0.2) is 101 Å². The van der Waals surface area contributed by atoms with Gasteiger partial charge in [-0.15, -0.1) is 47.8 Å². The van der Waals surface area contributed by atoms with Gasteiger partial charge in [0.25, 0.3) is 10.1 Å². The molecule has 0 aromatic heterocycles. The third-order valence-electron chi connectivity index (χ3n) is 9.46. The first kappa shape index (κ1) is 97.1. The molecular formula is C65H85Cl4LiO15S4. The minimum absolute atomic E-state index is 0. The van der Waals surface area contributed by atoms with E-state index in [0.29, 0.717) is 33.9 Å². The van der Waals surface area contributed by atoms with Crippen LogP contribution < -0.4 is 42.5 Å². The van der Waals surface area contributed by atoms with Crippen LogP contribution in [0.1, 0.15) is 66.7 Å². The van der Waals surface area contributed by atoms with E-state index in [1.807, 2.05) is 92.7 Å². The van der Waals surface area contributed by atoms with Gasteiger partial charge in [-0.3, -0.25) is 8.98 Å². The number of hydrogen-bond donors (Lipinski definition) is 2. The molecule has 0 aliphatic heterocycles. The Hall–Kier alpha value is -5.55. The maximum absolute atomic E-state index is 10.7. The summed E-state index contributed by atoms with van der Waals surface area (Å²) in [5.74, 6) is 6.35. The van der Waals surface area contributed by atoms with Crippen molar-refractivity contribution >= 4 is 111 Å². The minimum Gasteiger partial charge on any atom is -0.870 e. The SMILES string of the molecule is C.C.C.C.C=C(CCl)COS(C)(=O)=O.C=C(COc1ccc(Cl)cc1)CSc1ccc(OC)c(C)c1.C=C(COc1ccc(Cl)cc1)CSc1ccc(OCCC)c(C)c1.CC(=O)COc1ccc(S)cc1C.O=C=O.O=C=O.Oc1ccc(Cl)cc1.[Li+].[OH-]. The molecule has 15 nitrogen and oxygen atoms in total. The Morgan fingerprint density at radius 3 is 1.29 bits per heavy atom. The topological polar surface area (TPSA) is 225 Å². The van der Waals surface area contributed by atoms with Gasteiger partial charge in [0.05, 0.1) is 26.6 Å². The number of alkyl halides is 1. The molecule has 0 aliphatic carbocycles. The molecule has 0 aliphatic rings. The van der Waals surface area contributed by atoms with E-state index < -0.39 is 10.1 Å². The normalized spacial score (nSPS) is 9.08. The molecule has 0 saturated carbocycles. The summed E-state index contributed by atoms with van der Waals surface area (Å²) >= 11 is 30.2. The molecular weight excluding hydrogens is 1300 g/mol. The van der Waals surface area contributed by atoms with E-state index >= 15 is 0 Å². The summed E-state index contributed by atoms with van der Waals surface area (Å²) in [5.41, 5.74) is 5.92. The number of ether oxygens (including phenoxy) is 5. The summed E-state index contributed by atoms with van der Waals surface area (Å²) in [6.45, 7) is 23.1. The Labute approximate surface area is 575 Å². The summed E-state index contributed by atoms with van der Waals surface area (Å²) in [7, 11) is -1.66. The first-order chi connectivity index (χ1) is 39.3. The van der Waals surface area contributed by atoms with E-state index in [2.05, 4.69) is 74.7 Å². The predicted octanol–water partition coefficient (Wildman–Crippen LogP) is 14.8. The molecule has 89 heavy (non-hydrogen) atoms. The number of carbonyl (C=O) groups is 1. The Kier molecular flexibility index (Phi) is 62.8. The van der Waals surface area contributed by atoms with Crippen LogP contribution in [-0.2, 0) is 38.3 Å². The fourth-order valence-corrected chi connectivity index (χ4v) is 8.42. The van der Waals surface area contributed by atoms with Gasteiger partial charge in [-0.05, 0) is 195 Å². The molecule has 0 spiro atoms. The second kappa shape index (κ2) is 57.6. The quantitative estimate of drug-likeness (QED) is 0.0152. The molecule has 0 saturated heterocycles. The Bertz CT molecular complexity index is 3060.